The Kier molecular flexibility index (Phi) is 8.46. The van der Waals surface area contributed by atoms with E-state index in [1.807, 2.05) is 134 Å². The van der Waals surface area contributed by atoms with Gasteiger partial charge in [0.2, 0.25) is 11.8 Å². The van der Waals surface area contributed by atoms with Gasteiger partial charge in [-0.1, -0.05) is 36.4 Å². The van der Waals surface area contributed by atoms with E-state index in [0.29, 0.717) is 17.5 Å². The van der Waals surface area contributed by atoms with Gasteiger partial charge in [0.05, 0.1) is 42.3 Å². The maximum absolute atomic E-state index is 6.21. The topological polar surface area (TPSA) is 126 Å². The molecule has 0 aliphatic carbocycles. The summed E-state index contributed by atoms with van der Waals surface area (Å²) in [7, 11) is 3.31. The normalized spacial score (nSPS) is 11.1. The number of fused-ring (bicyclic) bond motifs is 3. The first-order valence-corrected chi connectivity index (χ1v) is 16.6. The number of ether oxygens (including phenoxy) is 2. The summed E-state index contributed by atoms with van der Waals surface area (Å²) >= 11 is 0. The Morgan fingerprint density at radius 3 is 1.87 bits per heavy atom. The molecule has 9 aromatic rings. The fraction of sp³-hybridized carbons (Fsp3) is 0.0714. The van der Waals surface area contributed by atoms with Crippen LogP contribution in [0.5, 0.6) is 11.5 Å². The van der Waals surface area contributed by atoms with E-state index in [2.05, 4.69) is 25.9 Å². The lowest BCUT2D eigenvalue weighted by atomic mass is 10.1. The molecule has 0 bridgehead atoms. The average molecular weight is 687 g/mol. The molecule has 0 saturated heterocycles. The number of aromatic nitrogens is 4. The van der Waals surface area contributed by atoms with E-state index in [1.54, 1.807) is 14.2 Å². The molecule has 256 valence electrons. The molecule has 0 saturated carbocycles. The average Bonchev–Trinajstić information content (AvgIpc) is 3.90. The highest BCUT2D eigenvalue weighted by atomic mass is 16.5. The minimum absolute atomic E-state index is 0.556. The molecule has 0 unspecified atom stereocenters. The van der Waals surface area contributed by atoms with E-state index >= 15 is 0 Å². The highest BCUT2D eigenvalue weighted by Crippen LogP contribution is 2.32. The Hall–Kier alpha value is -7.07. The number of benzene rings is 6. The van der Waals surface area contributed by atoms with Crippen LogP contribution in [0.15, 0.2) is 142 Å². The highest BCUT2D eigenvalue weighted by molar-refractivity contribution is 5.85. The number of imidazole rings is 1. The molecule has 10 nitrogen and oxygen atoms in total. The fourth-order valence-electron chi connectivity index (χ4n) is 6.07. The Bertz CT molecular complexity index is 2630. The zero-order chi connectivity index (χ0) is 35.6. The molecule has 0 aliphatic heterocycles. The molecule has 0 fully saturated rings. The first kappa shape index (κ1) is 32.2. The predicted octanol–water partition coefficient (Wildman–Crippen LogP) is 9.98. The van der Waals surface area contributed by atoms with Crippen molar-refractivity contribution in [1.29, 1.82) is 0 Å². The summed E-state index contributed by atoms with van der Waals surface area (Å²) in [5, 5.41) is 3.30. The van der Waals surface area contributed by atoms with Crippen LogP contribution in [0.2, 0.25) is 0 Å². The van der Waals surface area contributed by atoms with Crippen molar-refractivity contribution in [3.8, 4) is 40.1 Å². The molecule has 0 radical (unpaired) electrons. The molecule has 3 N–H and O–H groups in total. The van der Waals surface area contributed by atoms with Crippen LogP contribution < -0.4 is 20.5 Å². The lowest BCUT2D eigenvalue weighted by Gasteiger charge is -2.11. The second-order valence-electron chi connectivity index (χ2n) is 12.0. The van der Waals surface area contributed by atoms with Crippen LogP contribution in [0, 0.1) is 6.92 Å². The zero-order valence-corrected chi connectivity index (χ0v) is 28.7. The van der Waals surface area contributed by atoms with Crippen LogP contribution in [-0.4, -0.2) is 33.7 Å². The van der Waals surface area contributed by atoms with Crippen LogP contribution in [0.1, 0.15) is 5.82 Å². The number of nitrogens with one attached hydrogen (secondary N) is 1. The third-order valence-corrected chi connectivity index (χ3v) is 8.62. The van der Waals surface area contributed by atoms with Crippen LogP contribution in [-0.2, 0) is 0 Å². The molecule has 10 heteroatoms. The highest BCUT2D eigenvalue weighted by Gasteiger charge is 2.14. The summed E-state index contributed by atoms with van der Waals surface area (Å²) in [6.45, 7) is 2.00. The standard InChI is InChI=1S/C22H17N3O2.C20H17N3O2/c1-14-23-19-12-15(22-24-18-8-3-4-9-21(18)27-22)10-11-20(19)25(14)16-6-5-7-17(13-16)26-2;1-24-15-6-4-5-14(12-15)22-17-10-9-13(11-16(17)21)20-23-18-7-2-3-8-19(18)25-20/h3-13H,1-2H3;2-12,22H,21H2,1H3. The summed E-state index contributed by atoms with van der Waals surface area (Å²) in [5.41, 5.74) is 16.5. The Balaban J connectivity index is 0.000000149. The number of hydrogen-bond donors (Lipinski definition) is 2. The van der Waals surface area contributed by atoms with Gasteiger partial charge in [-0.05, 0) is 91.9 Å². The van der Waals surface area contributed by atoms with E-state index in [4.69, 9.17) is 29.0 Å². The molecule has 3 aromatic heterocycles. The maximum atomic E-state index is 6.21. The van der Waals surface area contributed by atoms with Crippen molar-refractivity contribution in [2.45, 2.75) is 6.92 Å². The Morgan fingerprint density at radius 1 is 0.596 bits per heavy atom. The molecule has 0 amide bonds. The van der Waals surface area contributed by atoms with Gasteiger partial charge in [-0.15, -0.1) is 0 Å². The van der Waals surface area contributed by atoms with E-state index in [-0.39, 0.29) is 0 Å². The van der Waals surface area contributed by atoms with Crippen molar-refractivity contribution in [1.82, 2.24) is 19.5 Å². The molecule has 6 aromatic carbocycles. The summed E-state index contributed by atoms with van der Waals surface area (Å²) in [4.78, 5) is 13.8. The number of rotatable bonds is 7. The smallest absolute Gasteiger partial charge is 0.227 e. The maximum Gasteiger partial charge on any atom is 0.227 e. The summed E-state index contributed by atoms with van der Waals surface area (Å²) in [5.74, 6) is 3.67. The Morgan fingerprint density at radius 2 is 1.21 bits per heavy atom. The number of nitrogens with two attached hydrogens (primary N) is 1. The van der Waals surface area contributed by atoms with Crippen molar-refractivity contribution in [2.75, 3.05) is 25.3 Å². The number of oxazole rings is 2. The number of methoxy groups -OCH3 is 2. The number of aryl methyl sites for hydroxylation is 1. The second kappa shape index (κ2) is 13.7. The SMILES string of the molecule is COc1cccc(-n2c(C)nc3cc(-c4nc5ccccc5o4)ccc32)c1.COc1cccc(Nc2ccc(-c3nc4ccccc4o3)cc2N)c1. The van der Waals surface area contributed by atoms with Crippen molar-refractivity contribution in [3.63, 3.8) is 0 Å². The lowest BCUT2D eigenvalue weighted by Crippen LogP contribution is -1.97. The van der Waals surface area contributed by atoms with E-state index in [9.17, 15) is 0 Å². The largest absolute Gasteiger partial charge is 0.497 e. The van der Waals surface area contributed by atoms with Crippen molar-refractivity contribution >= 4 is 50.3 Å². The first-order valence-electron chi connectivity index (χ1n) is 16.6. The van der Waals surface area contributed by atoms with E-state index in [1.165, 1.54) is 0 Å². The molecular formula is C42H34N6O4. The summed E-state index contributed by atoms with van der Waals surface area (Å²) in [6.07, 6.45) is 0. The van der Waals surface area contributed by atoms with Crippen LogP contribution in [0.4, 0.5) is 17.1 Å². The van der Waals surface area contributed by atoms with Gasteiger partial charge in [-0.2, -0.15) is 0 Å². The number of nitrogens with zero attached hydrogens (tertiary/aromatic N) is 4. The van der Waals surface area contributed by atoms with E-state index < -0.39 is 0 Å². The Labute approximate surface area is 299 Å². The van der Waals surface area contributed by atoms with Gasteiger partial charge < -0.3 is 29.4 Å². The minimum atomic E-state index is 0.556. The van der Waals surface area contributed by atoms with E-state index in [0.717, 1.165) is 78.7 Å². The van der Waals surface area contributed by atoms with Gasteiger partial charge in [0.1, 0.15) is 28.4 Å². The van der Waals surface area contributed by atoms with Gasteiger partial charge in [0.15, 0.2) is 11.2 Å². The third-order valence-electron chi connectivity index (χ3n) is 8.62. The fourth-order valence-corrected chi connectivity index (χ4v) is 6.07. The van der Waals surface area contributed by atoms with Crippen LogP contribution in [0.3, 0.4) is 0 Å². The number of nitrogen functional groups attached to an aromatic ring is 1. The second-order valence-corrected chi connectivity index (χ2v) is 12.0. The number of hydrogen-bond acceptors (Lipinski definition) is 9. The van der Waals surface area contributed by atoms with Gasteiger partial charge in [0.25, 0.3) is 0 Å². The third kappa shape index (κ3) is 6.36. The quantitative estimate of drug-likeness (QED) is 0.158. The monoisotopic (exact) mass is 686 g/mol. The van der Waals surface area contributed by atoms with Crippen molar-refractivity contribution in [2.24, 2.45) is 0 Å². The molecule has 0 atom stereocenters. The van der Waals surface area contributed by atoms with Gasteiger partial charge >= 0.3 is 0 Å². The first-order chi connectivity index (χ1) is 25.4. The molecule has 52 heavy (non-hydrogen) atoms. The van der Waals surface area contributed by atoms with Crippen molar-refractivity contribution < 1.29 is 18.3 Å². The summed E-state index contributed by atoms with van der Waals surface area (Å²) in [6, 6.07) is 42.9. The van der Waals surface area contributed by atoms with Crippen LogP contribution in [0.25, 0.3) is 61.8 Å². The summed E-state index contributed by atoms with van der Waals surface area (Å²) < 4.78 is 24.4. The van der Waals surface area contributed by atoms with Crippen LogP contribution >= 0.6 is 0 Å². The van der Waals surface area contributed by atoms with Gasteiger partial charge in [-0.3, -0.25) is 4.57 Å². The van der Waals surface area contributed by atoms with Crippen molar-refractivity contribution in [3.05, 3.63) is 139 Å². The predicted molar refractivity (Wildman–Crippen MR) is 205 cm³/mol. The molecule has 9 rings (SSSR count). The number of anilines is 3. The van der Waals surface area contributed by atoms with Gasteiger partial charge in [0, 0.05) is 28.9 Å². The zero-order valence-electron chi connectivity index (χ0n) is 28.7. The molecular weight excluding hydrogens is 652 g/mol. The number of para-hydroxylation sites is 4. The molecule has 0 aliphatic rings. The van der Waals surface area contributed by atoms with Gasteiger partial charge in [-0.25, -0.2) is 15.0 Å². The lowest BCUT2D eigenvalue weighted by molar-refractivity contribution is 0.414. The molecule has 3 heterocycles. The molecule has 0 spiro atoms. The minimum Gasteiger partial charge on any atom is -0.497 e.